The second-order valence-electron chi connectivity index (χ2n) is 4.42. The molecule has 0 fully saturated rings. The number of nitrogens with zero attached hydrogens (tertiary/aromatic N) is 2. The monoisotopic (exact) mass is 374 g/mol. The molecule has 8 N–H and O–H groups in total. The molecule has 0 aliphatic carbocycles. The van der Waals surface area contributed by atoms with Crippen LogP contribution in [0, 0.1) is 0 Å². The molecule has 2 aromatic rings. The van der Waals surface area contributed by atoms with E-state index in [1.54, 1.807) is 5.38 Å². The van der Waals surface area contributed by atoms with Crippen molar-refractivity contribution in [2.45, 2.75) is 0 Å². The van der Waals surface area contributed by atoms with Gasteiger partial charge in [-0.1, -0.05) is 6.58 Å². The number of aromatic nitrogens is 2. The van der Waals surface area contributed by atoms with Gasteiger partial charge in [0.15, 0.2) is 0 Å². The van der Waals surface area contributed by atoms with E-state index in [1.807, 2.05) is 0 Å². The van der Waals surface area contributed by atoms with Crippen LogP contribution in [-0.4, -0.2) is 27.0 Å². The van der Waals surface area contributed by atoms with E-state index in [2.05, 4.69) is 27.6 Å². The summed E-state index contributed by atoms with van der Waals surface area (Å²) < 4.78 is 0. The Kier molecular flexibility index (Phi) is 8.04. The highest BCUT2D eigenvalue weighted by atomic mass is 32.1. The van der Waals surface area contributed by atoms with Gasteiger partial charge in [0.2, 0.25) is 0 Å². The number of rotatable bonds is 5. The van der Waals surface area contributed by atoms with Crippen molar-refractivity contribution in [3.63, 3.8) is 0 Å². The first-order valence-electron chi connectivity index (χ1n) is 7.05. The van der Waals surface area contributed by atoms with E-state index in [4.69, 9.17) is 11.5 Å². The molecule has 9 nitrogen and oxygen atoms in total. The van der Waals surface area contributed by atoms with Crippen molar-refractivity contribution >= 4 is 28.2 Å². The quantitative estimate of drug-likeness (QED) is 0.384. The number of aromatic carboxylic acids is 1. The van der Waals surface area contributed by atoms with Crippen LogP contribution < -0.4 is 22.5 Å². The fourth-order valence-corrected chi connectivity index (χ4v) is 2.72. The summed E-state index contributed by atoms with van der Waals surface area (Å²) in [5, 5.41) is 13.7. The number of hydrogen-bond donors (Lipinski definition) is 5. The summed E-state index contributed by atoms with van der Waals surface area (Å²) in [6.45, 7) is 3.14. The van der Waals surface area contributed by atoms with Crippen molar-refractivity contribution in [3.8, 4) is 11.3 Å². The molecule has 1 amide bonds. The Morgan fingerprint density at radius 2 is 1.96 bits per heavy atom. The summed E-state index contributed by atoms with van der Waals surface area (Å²) >= 11 is 1.07. The fourth-order valence-electron chi connectivity index (χ4n) is 1.77. The maximum Gasteiger partial charge on any atom is 0.339 e. The van der Waals surface area contributed by atoms with Crippen LogP contribution in [0.15, 0.2) is 60.8 Å². The molecule has 0 spiro atoms. The molecule has 0 aliphatic rings. The average molecular weight is 374 g/mol. The van der Waals surface area contributed by atoms with Gasteiger partial charge in [0, 0.05) is 29.5 Å². The standard InChI is InChI=1S/C14H13N5O3S.C2H5N/c15-2-1-8(5-16)12(20)19-13-11(14(21)22)9(7-23-13)10-6-17-3-4-18-10;1-2-3/h1-7H,15-16H2,(H,19,20)(H,21,22);2H,1,3H2/b2-1-,8-5+;. The van der Waals surface area contributed by atoms with E-state index in [1.165, 1.54) is 30.9 Å². The molecule has 0 bridgehead atoms. The smallest absolute Gasteiger partial charge is 0.339 e. The van der Waals surface area contributed by atoms with Crippen LogP contribution in [0.3, 0.4) is 0 Å². The first-order valence-corrected chi connectivity index (χ1v) is 7.93. The summed E-state index contributed by atoms with van der Waals surface area (Å²) in [5.41, 5.74) is 16.0. The predicted molar refractivity (Wildman–Crippen MR) is 101 cm³/mol. The Hall–Kier alpha value is -3.66. The summed E-state index contributed by atoms with van der Waals surface area (Å²) in [6, 6.07) is 0. The van der Waals surface area contributed by atoms with Gasteiger partial charge in [-0.3, -0.25) is 14.8 Å². The van der Waals surface area contributed by atoms with Crippen molar-refractivity contribution in [2.75, 3.05) is 5.32 Å². The molecule has 2 aromatic heterocycles. The molecule has 26 heavy (non-hydrogen) atoms. The molecule has 0 atom stereocenters. The van der Waals surface area contributed by atoms with Gasteiger partial charge in [0.05, 0.1) is 17.5 Å². The molecule has 2 heterocycles. The van der Waals surface area contributed by atoms with Gasteiger partial charge in [-0.05, 0) is 18.5 Å². The van der Waals surface area contributed by atoms with Crippen LogP contribution in [0.2, 0.25) is 0 Å². The summed E-state index contributed by atoms with van der Waals surface area (Å²) in [7, 11) is 0. The molecule has 0 saturated carbocycles. The number of nitrogens with one attached hydrogen (secondary N) is 1. The van der Waals surface area contributed by atoms with Crippen molar-refractivity contribution in [1.29, 1.82) is 0 Å². The van der Waals surface area contributed by atoms with Gasteiger partial charge < -0.3 is 27.6 Å². The highest BCUT2D eigenvalue weighted by molar-refractivity contribution is 7.15. The van der Waals surface area contributed by atoms with Crippen molar-refractivity contribution in [3.05, 3.63) is 66.4 Å². The Bertz CT molecular complexity index is 830. The van der Waals surface area contributed by atoms with Crippen molar-refractivity contribution in [1.82, 2.24) is 9.97 Å². The molecule has 0 saturated heterocycles. The molecule has 2 rings (SSSR count). The minimum absolute atomic E-state index is 0.0584. The van der Waals surface area contributed by atoms with Crippen LogP contribution in [0.25, 0.3) is 11.3 Å². The number of anilines is 1. The Balaban J connectivity index is 0.00000105. The fraction of sp³-hybridized carbons (Fsp3) is 0. The van der Waals surface area contributed by atoms with E-state index in [0.717, 1.165) is 23.7 Å². The minimum atomic E-state index is -1.19. The van der Waals surface area contributed by atoms with Crippen LogP contribution >= 0.6 is 11.3 Å². The normalized spacial score (nSPS) is 10.7. The molecular weight excluding hydrogens is 356 g/mol. The molecule has 136 valence electrons. The molecule has 0 aromatic carbocycles. The zero-order chi connectivity index (χ0) is 19.5. The highest BCUT2D eigenvalue weighted by Gasteiger charge is 2.22. The lowest BCUT2D eigenvalue weighted by atomic mass is 10.1. The number of carboxylic acid groups (broad SMARTS) is 1. The zero-order valence-electron chi connectivity index (χ0n) is 13.6. The third-order valence-corrected chi connectivity index (χ3v) is 3.68. The number of thiophene rings is 1. The maximum absolute atomic E-state index is 12.1. The average Bonchev–Trinajstić information content (AvgIpc) is 3.04. The van der Waals surface area contributed by atoms with E-state index in [0.29, 0.717) is 11.3 Å². The molecule has 0 unspecified atom stereocenters. The lowest BCUT2D eigenvalue weighted by Gasteiger charge is -2.05. The zero-order valence-corrected chi connectivity index (χ0v) is 14.4. The predicted octanol–water partition coefficient (Wildman–Crippen LogP) is 1.25. The number of carbonyl (C=O) groups excluding carboxylic acids is 1. The van der Waals surface area contributed by atoms with Gasteiger partial charge >= 0.3 is 5.97 Å². The number of carboxylic acids is 1. The second kappa shape index (κ2) is 10.3. The topological polar surface area (TPSA) is 170 Å². The SMILES string of the molecule is C=CN.N/C=C\C(=C/N)C(=O)Nc1scc(-c2cnccn2)c1C(=O)O. The molecule has 0 radical (unpaired) electrons. The van der Waals surface area contributed by atoms with Crippen molar-refractivity contribution < 1.29 is 14.7 Å². The third kappa shape index (κ3) is 5.18. The highest BCUT2D eigenvalue weighted by Crippen LogP contribution is 2.34. The van der Waals surface area contributed by atoms with E-state index < -0.39 is 11.9 Å². The van der Waals surface area contributed by atoms with Gasteiger partial charge in [0.25, 0.3) is 5.91 Å². The van der Waals surface area contributed by atoms with Crippen molar-refractivity contribution in [2.24, 2.45) is 17.2 Å². The minimum Gasteiger partial charge on any atom is -0.478 e. The van der Waals surface area contributed by atoms with E-state index in [-0.39, 0.29) is 16.1 Å². The lowest BCUT2D eigenvalue weighted by molar-refractivity contribution is -0.112. The Labute approximate surface area is 153 Å². The van der Waals surface area contributed by atoms with Crippen LogP contribution in [0.4, 0.5) is 5.00 Å². The first kappa shape index (κ1) is 20.4. The van der Waals surface area contributed by atoms with Gasteiger partial charge in [-0.15, -0.1) is 11.3 Å². The maximum atomic E-state index is 12.1. The molecule has 10 heteroatoms. The lowest BCUT2D eigenvalue weighted by Crippen LogP contribution is -2.16. The van der Waals surface area contributed by atoms with E-state index in [9.17, 15) is 14.7 Å². The van der Waals surface area contributed by atoms with Crippen LogP contribution in [0.5, 0.6) is 0 Å². The van der Waals surface area contributed by atoms with E-state index >= 15 is 0 Å². The Morgan fingerprint density at radius 1 is 1.27 bits per heavy atom. The number of nitrogens with two attached hydrogens (primary N) is 3. The summed E-state index contributed by atoms with van der Waals surface area (Å²) in [4.78, 5) is 31.6. The molecular formula is C16H18N6O3S. The number of amides is 1. The number of hydrogen-bond acceptors (Lipinski definition) is 8. The van der Waals surface area contributed by atoms with Gasteiger partial charge in [-0.2, -0.15) is 0 Å². The third-order valence-electron chi connectivity index (χ3n) is 2.79. The van der Waals surface area contributed by atoms with Gasteiger partial charge in [0.1, 0.15) is 10.6 Å². The largest absolute Gasteiger partial charge is 0.478 e. The van der Waals surface area contributed by atoms with Gasteiger partial charge in [-0.25, -0.2) is 4.79 Å². The van der Waals surface area contributed by atoms with Crippen LogP contribution in [0.1, 0.15) is 10.4 Å². The second-order valence-corrected chi connectivity index (χ2v) is 5.30. The molecule has 0 aliphatic heterocycles. The summed E-state index contributed by atoms with van der Waals surface area (Å²) in [6.07, 6.45) is 9.19. The Morgan fingerprint density at radius 3 is 2.46 bits per heavy atom. The van der Waals surface area contributed by atoms with Crippen LogP contribution in [-0.2, 0) is 4.79 Å². The first-order chi connectivity index (χ1) is 12.5. The summed E-state index contributed by atoms with van der Waals surface area (Å²) in [5.74, 6) is -1.75. The number of carbonyl (C=O) groups is 2.